The van der Waals surface area contributed by atoms with E-state index in [9.17, 15) is 19.2 Å². The third-order valence-corrected chi connectivity index (χ3v) is 5.56. The fourth-order valence-electron chi connectivity index (χ4n) is 2.90. The molecular formula is C21H24BrN7O5. The zero-order chi connectivity index (χ0) is 24.9. The van der Waals surface area contributed by atoms with Gasteiger partial charge in [-0.1, -0.05) is 6.07 Å². The van der Waals surface area contributed by atoms with Crippen LogP contribution in [0.2, 0.25) is 0 Å². The summed E-state index contributed by atoms with van der Waals surface area (Å²) in [5.74, 6) is -1.27. The van der Waals surface area contributed by atoms with E-state index in [-0.39, 0.29) is 18.4 Å². The van der Waals surface area contributed by atoms with Gasteiger partial charge in [0.1, 0.15) is 11.2 Å². The number of nitrogens with one attached hydrogen (secondary N) is 4. The second-order valence-electron chi connectivity index (χ2n) is 7.92. The molecule has 1 fully saturated rings. The number of aromatic nitrogens is 2. The molecule has 12 nitrogen and oxygen atoms in total. The SMILES string of the molecule is CC(C)(C(=O)O)C(=O)NCCCNc1nc(Nc2cccc(N3C(=O)CNC3=O)c2)ncc1Br. The summed E-state index contributed by atoms with van der Waals surface area (Å²) in [4.78, 5) is 56.6. The highest BCUT2D eigenvalue weighted by Crippen LogP contribution is 2.25. The van der Waals surface area contributed by atoms with Crippen LogP contribution in [0.1, 0.15) is 20.3 Å². The molecule has 0 unspecified atom stereocenters. The summed E-state index contributed by atoms with van der Waals surface area (Å²) < 4.78 is 0.627. The van der Waals surface area contributed by atoms with E-state index in [1.54, 1.807) is 30.5 Å². The maximum Gasteiger partial charge on any atom is 0.329 e. The summed E-state index contributed by atoms with van der Waals surface area (Å²) in [7, 11) is 0. The maximum atomic E-state index is 12.0. The van der Waals surface area contributed by atoms with E-state index < -0.39 is 23.3 Å². The molecule has 0 spiro atoms. The van der Waals surface area contributed by atoms with Crippen molar-refractivity contribution in [3.05, 3.63) is 34.9 Å². The summed E-state index contributed by atoms with van der Waals surface area (Å²) in [5.41, 5.74) is -0.483. The van der Waals surface area contributed by atoms with Crippen LogP contribution in [0.4, 0.5) is 27.9 Å². The van der Waals surface area contributed by atoms with Crippen molar-refractivity contribution in [3.8, 4) is 0 Å². The lowest BCUT2D eigenvalue weighted by molar-refractivity contribution is -0.153. The topological polar surface area (TPSA) is 166 Å². The van der Waals surface area contributed by atoms with Crippen molar-refractivity contribution in [2.24, 2.45) is 5.41 Å². The van der Waals surface area contributed by atoms with Crippen molar-refractivity contribution in [2.75, 3.05) is 35.2 Å². The second kappa shape index (κ2) is 10.5. The summed E-state index contributed by atoms with van der Waals surface area (Å²) >= 11 is 3.38. The van der Waals surface area contributed by atoms with Crippen molar-refractivity contribution in [1.29, 1.82) is 0 Å². The van der Waals surface area contributed by atoms with Gasteiger partial charge in [0.2, 0.25) is 11.9 Å². The lowest BCUT2D eigenvalue weighted by Crippen LogP contribution is -2.42. The van der Waals surface area contributed by atoms with Gasteiger partial charge < -0.3 is 26.4 Å². The highest BCUT2D eigenvalue weighted by Gasteiger charge is 2.35. The molecule has 2 aromatic rings. The van der Waals surface area contributed by atoms with Crippen LogP contribution in [0.3, 0.4) is 0 Å². The first-order valence-corrected chi connectivity index (χ1v) is 11.1. The number of imide groups is 1. The standard InChI is InChI=1S/C21H24BrN7O5/c1-21(2,18(32)33)17(31)24-8-4-7-23-16-14(22)10-25-19(28-16)27-12-5-3-6-13(9-12)29-15(30)11-26-20(29)34/h3,5-6,9-10H,4,7-8,11H2,1-2H3,(H,24,31)(H,26,34)(H,32,33)(H2,23,25,27,28). The number of nitrogens with zero attached hydrogens (tertiary/aromatic N) is 3. The van der Waals surface area contributed by atoms with Crippen LogP contribution in [0.5, 0.6) is 0 Å². The number of carboxylic acid groups (broad SMARTS) is 1. The number of hydrogen-bond acceptors (Lipinski definition) is 8. The Balaban J connectivity index is 1.57. The Kier molecular flexibility index (Phi) is 7.66. The van der Waals surface area contributed by atoms with Gasteiger partial charge in [-0.25, -0.2) is 14.7 Å². The van der Waals surface area contributed by atoms with E-state index in [1.807, 2.05) is 0 Å². The molecule has 0 bridgehead atoms. The first-order valence-electron chi connectivity index (χ1n) is 10.4. The van der Waals surface area contributed by atoms with Crippen molar-refractivity contribution < 1.29 is 24.3 Å². The first kappa shape index (κ1) is 24.9. The van der Waals surface area contributed by atoms with E-state index in [0.717, 1.165) is 4.90 Å². The molecule has 1 aliphatic heterocycles. The number of urea groups is 1. The Morgan fingerprint density at radius 3 is 2.71 bits per heavy atom. The largest absolute Gasteiger partial charge is 0.480 e. The molecule has 1 aromatic carbocycles. The first-order chi connectivity index (χ1) is 16.1. The second-order valence-corrected chi connectivity index (χ2v) is 8.77. The number of carbonyl (C=O) groups is 4. The molecule has 1 saturated heterocycles. The summed E-state index contributed by atoms with van der Waals surface area (Å²) in [6, 6.07) is 6.27. The van der Waals surface area contributed by atoms with Crippen LogP contribution >= 0.6 is 15.9 Å². The number of carboxylic acids is 1. The zero-order valence-electron chi connectivity index (χ0n) is 18.5. The molecule has 3 rings (SSSR count). The summed E-state index contributed by atoms with van der Waals surface area (Å²) in [5, 5.41) is 20.3. The van der Waals surface area contributed by atoms with Crippen LogP contribution < -0.4 is 26.2 Å². The van der Waals surface area contributed by atoms with E-state index in [0.29, 0.717) is 41.2 Å². The van der Waals surface area contributed by atoms with Gasteiger partial charge in [0.25, 0.3) is 5.91 Å². The van der Waals surface area contributed by atoms with Crippen LogP contribution in [0.25, 0.3) is 0 Å². The fraction of sp³-hybridized carbons (Fsp3) is 0.333. The Morgan fingerprint density at radius 2 is 2.03 bits per heavy atom. The molecule has 0 saturated carbocycles. The van der Waals surface area contributed by atoms with Gasteiger partial charge in [-0.2, -0.15) is 4.98 Å². The molecule has 180 valence electrons. The normalized spacial score (nSPS) is 13.4. The number of carbonyl (C=O) groups excluding carboxylic acids is 3. The molecule has 0 radical (unpaired) electrons. The molecular weight excluding hydrogens is 510 g/mol. The van der Waals surface area contributed by atoms with Gasteiger partial charge in [0.05, 0.1) is 16.7 Å². The predicted molar refractivity (Wildman–Crippen MR) is 128 cm³/mol. The average molecular weight is 534 g/mol. The van der Waals surface area contributed by atoms with Crippen LogP contribution in [-0.4, -0.2) is 58.5 Å². The van der Waals surface area contributed by atoms with Crippen molar-refractivity contribution in [2.45, 2.75) is 20.3 Å². The number of rotatable bonds is 10. The Labute approximate surface area is 203 Å². The molecule has 5 N–H and O–H groups in total. The number of aliphatic carboxylic acids is 1. The van der Waals surface area contributed by atoms with E-state index >= 15 is 0 Å². The summed E-state index contributed by atoms with van der Waals surface area (Å²) in [6.07, 6.45) is 2.10. The van der Waals surface area contributed by atoms with E-state index in [2.05, 4.69) is 47.2 Å². The predicted octanol–water partition coefficient (Wildman–Crippen LogP) is 2.07. The van der Waals surface area contributed by atoms with Crippen molar-refractivity contribution in [1.82, 2.24) is 20.6 Å². The molecule has 1 aromatic heterocycles. The van der Waals surface area contributed by atoms with Gasteiger partial charge in [-0.05, 0) is 54.4 Å². The van der Waals surface area contributed by atoms with Crippen LogP contribution in [-0.2, 0) is 14.4 Å². The quantitative estimate of drug-likeness (QED) is 0.174. The number of benzene rings is 1. The Bertz CT molecular complexity index is 1110. The third kappa shape index (κ3) is 5.78. The highest BCUT2D eigenvalue weighted by atomic mass is 79.9. The lowest BCUT2D eigenvalue weighted by atomic mass is 9.93. The smallest absolute Gasteiger partial charge is 0.329 e. The number of anilines is 4. The molecule has 2 heterocycles. The average Bonchev–Trinajstić information content (AvgIpc) is 3.13. The molecule has 1 aliphatic rings. The van der Waals surface area contributed by atoms with Crippen LogP contribution in [0.15, 0.2) is 34.9 Å². The minimum Gasteiger partial charge on any atom is -0.480 e. The van der Waals surface area contributed by atoms with E-state index in [4.69, 9.17) is 5.11 Å². The molecule has 4 amide bonds. The maximum absolute atomic E-state index is 12.0. The van der Waals surface area contributed by atoms with Gasteiger partial charge in [0.15, 0.2) is 0 Å². The minimum absolute atomic E-state index is 0.0393. The number of hydrogen-bond donors (Lipinski definition) is 5. The molecule has 0 aliphatic carbocycles. The monoisotopic (exact) mass is 533 g/mol. The Morgan fingerprint density at radius 1 is 1.26 bits per heavy atom. The zero-order valence-corrected chi connectivity index (χ0v) is 20.1. The number of amides is 4. The minimum atomic E-state index is -1.49. The van der Waals surface area contributed by atoms with Crippen LogP contribution in [0, 0.1) is 5.41 Å². The Hall–Kier alpha value is -3.74. The van der Waals surface area contributed by atoms with E-state index in [1.165, 1.54) is 13.8 Å². The van der Waals surface area contributed by atoms with Crippen molar-refractivity contribution >= 4 is 62.9 Å². The fourth-order valence-corrected chi connectivity index (χ4v) is 3.23. The molecule has 0 atom stereocenters. The third-order valence-electron chi connectivity index (χ3n) is 4.98. The van der Waals surface area contributed by atoms with Gasteiger partial charge in [-0.3, -0.25) is 14.4 Å². The van der Waals surface area contributed by atoms with Crippen molar-refractivity contribution in [3.63, 3.8) is 0 Å². The molecule has 34 heavy (non-hydrogen) atoms. The lowest BCUT2D eigenvalue weighted by Gasteiger charge is -2.18. The van der Waals surface area contributed by atoms with Gasteiger partial charge in [-0.15, -0.1) is 0 Å². The highest BCUT2D eigenvalue weighted by molar-refractivity contribution is 9.10. The van der Waals surface area contributed by atoms with Gasteiger partial charge in [0, 0.05) is 25.0 Å². The summed E-state index contributed by atoms with van der Waals surface area (Å²) in [6.45, 7) is 3.42. The molecule has 13 heteroatoms. The number of halogens is 1. The van der Waals surface area contributed by atoms with Gasteiger partial charge >= 0.3 is 12.0 Å².